The van der Waals surface area contributed by atoms with Crippen LogP contribution in [0.2, 0.25) is 0 Å². The van der Waals surface area contributed by atoms with Gasteiger partial charge >= 0.3 is 0 Å². The van der Waals surface area contributed by atoms with Crippen LogP contribution in [0.1, 0.15) is 0 Å². The second kappa shape index (κ2) is 2.97. The van der Waals surface area contributed by atoms with Crippen molar-refractivity contribution in [2.24, 2.45) is 7.05 Å². The molecule has 1 aromatic rings. The van der Waals surface area contributed by atoms with Gasteiger partial charge in [-0.3, -0.25) is 4.68 Å². The first-order chi connectivity index (χ1) is 5.86. The molecular formula is C8H9BN3. The Kier molecular flexibility index (Phi) is 1.82. The molecule has 1 aliphatic rings. The molecule has 0 saturated carbocycles. The fourth-order valence-electron chi connectivity index (χ4n) is 1.21. The third-order valence-electron chi connectivity index (χ3n) is 1.82. The molecule has 0 fully saturated rings. The van der Waals surface area contributed by atoms with Gasteiger partial charge in [-0.25, -0.2) is 0 Å². The molecule has 0 unspecified atom stereocenters. The number of aromatic nitrogens is 3. The molecule has 0 atom stereocenters. The fraction of sp³-hybridized carbons (Fsp3) is 0.125. The van der Waals surface area contributed by atoms with Crippen LogP contribution in [0.15, 0.2) is 30.3 Å². The van der Waals surface area contributed by atoms with E-state index in [2.05, 4.69) is 22.3 Å². The van der Waals surface area contributed by atoms with Crippen molar-refractivity contribution in [3.8, 4) is 0 Å². The molecule has 4 heteroatoms. The lowest BCUT2D eigenvalue weighted by atomic mass is 9.46. The third-order valence-corrected chi connectivity index (χ3v) is 1.82. The van der Waals surface area contributed by atoms with Crippen molar-refractivity contribution >= 4 is 12.3 Å². The van der Waals surface area contributed by atoms with Gasteiger partial charge in [0.05, 0.1) is 5.59 Å². The fourth-order valence-corrected chi connectivity index (χ4v) is 1.21. The first kappa shape index (κ1) is 7.34. The van der Waals surface area contributed by atoms with Gasteiger partial charge in [-0.15, -0.1) is 17.0 Å². The molecule has 12 heavy (non-hydrogen) atoms. The van der Waals surface area contributed by atoms with Crippen LogP contribution < -0.4 is 5.59 Å². The quantitative estimate of drug-likeness (QED) is 0.535. The van der Waals surface area contributed by atoms with Gasteiger partial charge < -0.3 is 0 Å². The highest BCUT2D eigenvalue weighted by atomic mass is 15.4. The van der Waals surface area contributed by atoms with Gasteiger partial charge in [0.1, 0.15) is 0 Å². The highest BCUT2D eigenvalue weighted by Gasteiger charge is 2.14. The summed E-state index contributed by atoms with van der Waals surface area (Å²) in [5, 5.41) is 7.92. The highest BCUT2D eigenvalue weighted by molar-refractivity contribution is 6.81. The van der Waals surface area contributed by atoms with Crippen molar-refractivity contribution in [3.63, 3.8) is 0 Å². The van der Waals surface area contributed by atoms with Crippen molar-refractivity contribution in [2.45, 2.75) is 0 Å². The lowest BCUT2D eigenvalue weighted by Crippen LogP contribution is -2.28. The van der Waals surface area contributed by atoms with Crippen LogP contribution in [0, 0.1) is 6.42 Å². The van der Waals surface area contributed by atoms with E-state index in [9.17, 15) is 0 Å². The average molecular weight is 158 g/mol. The summed E-state index contributed by atoms with van der Waals surface area (Å²) in [5.41, 5.74) is 0.998. The van der Waals surface area contributed by atoms with E-state index >= 15 is 0 Å². The predicted molar refractivity (Wildman–Crippen MR) is 49.0 cm³/mol. The summed E-state index contributed by atoms with van der Waals surface area (Å²) >= 11 is 0. The highest BCUT2D eigenvalue weighted by Crippen LogP contribution is 1.98. The van der Waals surface area contributed by atoms with Crippen LogP contribution in [0.25, 0.3) is 0 Å². The molecule has 1 radical (unpaired) electrons. The number of nitrogens with zero attached hydrogens (tertiary/aromatic N) is 3. The van der Waals surface area contributed by atoms with E-state index in [4.69, 9.17) is 0 Å². The van der Waals surface area contributed by atoms with Crippen LogP contribution in [0.3, 0.4) is 0 Å². The molecule has 1 aromatic heterocycles. The number of hydrogen-bond acceptors (Lipinski definition) is 2. The lowest BCUT2D eigenvalue weighted by Gasteiger charge is -2.01. The molecule has 0 aliphatic carbocycles. The predicted octanol–water partition coefficient (Wildman–Crippen LogP) is -0.0744. The van der Waals surface area contributed by atoms with E-state index in [0.29, 0.717) is 6.71 Å². The summed E-state index contributed by atoms with van der Waals surface area (Å²) in [6.07, 6.45) is 8.00. The lowest BCUT2D eigenvalue weighted by molar-refractivity contribution is 0.715. The van der Waals surface area contributed by atoms with E-state index in [1.54, 1.807) is 4.68 Å². The minimum absolute atomic E-state index is 0.295. The molecule has 0 saturated heterocycles. The third kappa shape index (κ3) is 1.32. The first-order valence-corrected chi connectivity index (χ1v) is 3.91. The Hall–Kier alpha value is -1.32. The smallest absolute Gasteiger partial charge is 0.254 e. The summed E-state index contributed by atoms with van der Waals surface area (Å²) in [5.74, 6) is 4.20. The minimum atomic E-state index is 0.295. The minimum Gasteiger partial charge on any atom is -0.256 e. The van der Waals surface area contributed by atoms with Gasteiger partial charge in [0, 0.05) is 19.7 Å². The summed E-state index contributed by atoms with van der Waals surface area (Å²) < 4.78 is 1.72. The molecule has 3 nitrogen and oxygen atoms in total. The molecule has 0 aromatic carbocycles. The van der Waals surface area contributed by atoms with Crippen molar-refractivity contribution in [3.05, 3.63) is 36.7 Å². The average Bonchev–Trinajstić information content (AvgIpc) is 2.54. The number of hydrogen-bond donors (Lipinski definition) is 0. The largest absolute Gasteiger partial charge is 0.256 e. The molecular weight excluding hydrogens is 149 g/mol. The SMILES string of the molecule is Cn1cc(B2C=C[CH]C=C2)nn1. The second-order valence-corrected chi connectivity index (χ2v) is 2.81. The normalized spacial score (nSPS) is 15.6. The molecule has 1 aliphatic heterocycles. The van der Waals surface area contributed by atoms with Crippen molar-refractivity contribution in [1.82, 2.24) is 15.0 Å². The van der Waals surface area contributed by atoms with E-state index in [1.807, 2.05) is 31.8 Å². The molecule has 2 rings (SSSR count). The van der Waals surface area contributed by atoms with Crippen molar-refractivity contribution in [1.29, 1.82) is 0 Å². The van der Waals surface area contributed by atoms with Gasteiger partial charge in [0.25, 0.3) is 6.71 Å². The zero-order valence-electron chi connectivity index (χ0n) is 6.88. The summed E-state index contributed by atoms with van der Waals surface area (Å²) in [6, 6.07) is 0. The van der Waals surface area contributed by atoms with E-state index in [1.165, 1.54) is 0 Å². The van der Waals surface area contributed by atoms with Crippen LogP contribution in [0.4, 0.5) is 0 Å². The van der Waals surface area contributed by atoms with E-state index in [-0.39, 0.29) is 0 Å². The molecule has 0 bridgehead atoms. The maximum absolute atomic E-state index is 4.04. The van der Waals surface area contributed by atoms with Crippen molar-refractivity contribution in [2.75, 3.05) is 0 Å². The van der Waals surface area contributed by atoms with E-state index < -0.39 is 0 Å². The monoisotopic (exact) mass is 158 g/mol. The van der Waals surface area contributed by atoms with Gasteiger partial charge in [0.2, 0.25) is 0 Å². The maximum atomic E-state index is 4.04. The maximum Gasteiger partial charge on any atom is 0.254 e. The number of allylic oxidation sites excluding steroid dienone is 2. The number of aryl methyl sites for hydroxylation is 1. The molecule has 0 spiro atoms. The summed E-state index contributed by atoms with van der Waals surface area (Å²) in [4.78, 5) is 0. The topological polar surface area (TPSA) is 30.7 Å². The van der Waals surface area contributed by atoms with Gasteiger partial charge in [0.15, 0.2) is 0 Å². The Bertz CT molecular complexity index is 315. The van der Waals surface area contributed by atoms with Crippen LogP contribution >= 0.6 is 0 Å². The van der Waals surface area contributed by atoms with Crippen LogP contribution in [-0.2, 0) is 7.05 Å². The molecule has 2 heterocycles. The van der Waals surface area contributed by atoms with Gasteiger partial charge in [-0.1, -0.05) is 17.4 Å². The van der Waals surface area contributed by atoms with Gasteiger partial charge in [-0.2, -0.15) is 0 Å². The van der Waals surface area contributed by atoms with Crippen molar-refractivity contribution < 1.29 is 0 Å². The molecule has 59 valence electrons. The Morgan fingerprint density at radius 2 is 2.08 bits per heavy atom. The van der Waals surface area contributed by atoms with Crippen LogP contribution in [0.5, 0.6) is 0 Å². The Morgan fingerprint density at radius 1 is 1.33 bits per heavy atom. The Labute approximate surface area is 71.9 Å². The van der Waals surface area contributed by atoms with Gasteiger partial charge in [-0.05, 0) is 0 Å². The zero-order chi connectivity index (χ0) is 8.39. The standard InChI is InChI=1S/C8H9BN3/c1-12-7-8(10-11-12)9-5-3-2-4-6-9/h2-7H,1H3. The molecule has 0 N–H and O–H groups in total. The van der Waals surface area contributed by atoms with Crippen LogP contribution in [-0.4, -0.2) is 21.7 Å². The Balaban J connectivity index is 2.24. The number of rotatable bonds is 1. The van der Waals surface area contributed by atoms with E-state index in [0.717, 1.165) is 5.59 Å². The second-order valence-electron chi connectivity index (χ2n) is 2.81. The Morgan fingerprint density at radius 3 is 2.67 bits per heavy atom. The summed E-state index contributed by atoms with van der Waals surface area (Å²) in [6.45, 7) is 0.295. The zero-order valence-corrected chi connectivity index (χ0v) is 6.88. The molecule has 0 amide bonds. The summed E-state index contributed by atoms with van der Waals surface area (Å²) in [7, 11) is 1.87. The first-order valence-electron chi connectivity index (χ1n) is 3.91.